The van der Waals surface area contributed by atoms with Crippen molar-refractivity contribution in [2.45, 2.75) is 25.9 Å². The summed E-state index contributed by atoms with van der Waals surface area (Å²) >= 11 is 0. The largest absolute Gasteiger partial charge is 0.461 e. The summed E-state index contributed by atoms with van der Waals surface area (Å²) in [5.41, 5.74) is 3.32. The first kappa shape index (κ1) is 33.2. The second kappa shape index (κ2) is 15.0. The van der Waals surface area contributed by atoms with E-state index in [1.807, 2.05) is 24.3 Å². The summed E-state index contributed by atoms with van der Waals surface area (Å²) in [6.07, 6.45) is 0. The van der Waals surface area contributed by atoms with Crippen molar-refractivity contribution >= 4 is 57.9 Å². The molecule has 4 aromatic rings. The molecule has 0 N–H and O–H groups in total. The topological polar surface area (TPSA) is 167 Å². The van der Waals surface area contributed by atoms with Gasteiger partial charge in [-0.3, -0.25) is 9.59 Å². The molecule has 2 amide bonds. The average molecular weight is 671 g/mol. The highest BCUT2D eigenvalue weighted by Crippen LogP contribution is 2.28. The molecule has 250 valence electrons. The van der Waals surface area contributed by atoms with Crippen LogP contribution in [0.4, 0.5) is 22.7 Å². The smallest absolute Gasteiger partial charge is 0.357 e. The molecule has 0 aromatic heterocycles. The predicted octanol–water partition coefficient (Wildman–Crippen LogP) is 6.19. The third kappa shape index (κ3) is 7.08. The SMILES string of the molecule is CCOC(=O)C1=NN(c2ccccc2)C(=O)C1N=Nc1ccc(-c2ccc(N=NC3C(=O)N(c4ccccc4)N=C3C(=O)OCC)cc2)cc1. The Bertz CT molecular complexity index is 1870. The van der Waals surface area contributed by atoms with Crippen molar-refractivity contribution in [1.29, 1.82) is 0 Å². The van der Waals surface area contributed by atoms with Crippen LogP contribution < -0.4 is 10.0 Å². The van der Waals surface area contributed by atoms with E-state index in [0.29, 0.717) is 22.7 Å². The molecule has 2 heterocycles. The number of carbonyl (C=O) groups excluding carboxylic acids is 4. The van der Waals surface area contributed by atoms with E-state index >= 15 is 0 Å². The number of hydrazone groups is 2. The van der Waals surface area contributed by atoms with Crippen LogP contribution in [-0.4, -0.2) is 60.5 Å². The lowest BCUT2D eigenvalue weighted by atomic mass is 10.1. The number of para-hydroxylation sites is 2. The number of esters is 2. The van der Waals surface area contributed by atoms with Gasteiger partial charge < -0.3 is 9.47 Å². The maximum Gasteiger partial charge on any atom is 0.357 e. The van der Waals surface area contributed by atoms with E-state index in [0.717, 1.165) is 21.1 Å². The van der Waals surface area contributed by atoms with Crippen LogP contribution in [0, 0.1) is 0 Å². The Hall–Kier alpha value is -6.70. The van der Waals surface area contributed by atoms with Gasteiger partial charge in [0.1, 0.15) is 0 Å². The predicted molar refractivity (Wildman–Crippen MR) is 184 cm³/mol. The van der Waals surface area contributed by atoms with Crippen LogP contribution in [0.1, 0.15) is 13.8 Å². The molecule has 4 aromatic carbocycles. The van der Waals surface area contributed by atoms with Crippen molar-refractivity contribution in [1.82, 2.24) is 0 Å². The maximum absolute atomic E-state index is 13.2. The van der Waals surface area contributed by atoms with Gasteiger partial charge in [-0.25, -0.2) is 9.59 Å². The first-order valence-electron chi connectivity index (χ1n) is 15.7. The zero-order valence-corrected chi connectivity index (χ0v) is 27.0. The molecule has 14 nitrogen and oxygen atoms in total. The molecule has 14 heteroatoms. The lowest BCUT2D eigenvalue weighted by molar-refractivity contribution is -0.136. The second-order valence-electron chi connectivity index (χ2n) is 10.7. The molecule has 50 heavy (non-hydrogen) atoms. The number of nitrogens with zero attached hydrogens (tertiary/aromatic N) is 8. The lowest BCUT2D eigenvalue weighted by Crippen LogP contribution is -2.33. The lowest BCUT2D eigenvalue weighted by Gasteiger charge is -2.11. The van der Waals surface area contributed by atoms with Gasteiger partial charge in [-0.1, -0.05) is 60.7 Å². The average Bonchev–Trinajstić information content (AvgIpc) is 3.67. The van der Waals surface area contributed by atoms with E-state index in [2.05, 4.69) is 30.7 Å². The molecule has 0 saturated carbocycles. The number of ether oxygens (including phenoxy) is 2. The Morgan fingerprint density at radius 3 is 1.28 bits per heavy atom. The number of hydrogen-bond acceptors (Lipinski definition) is 12. The monoisotopic (exact) mass is 670 g/mol. The molecule has 2 unspecified atom stereocenters. The van der Waals surface area contributed by atoms with Gasteiger partial charge >= 0.3 is 11.9 Å². The van der Waals surface area contributed by atoms with Crippen LogP contribution in [0.15, 0.2) is 140 Å². The van der Waals surface area contributed by atoms with E-state index in [4.69, 9.17) is 9.47 Å². The number of rotatable bonds is 11. The number of carbonyl (C=O) groups is 4. The van der Waals surface area contributed by atoms with Gasteiger partial charge in [-0.15, -0.1) is 0 Å². The molecule has 2 aliphatic rings. The van der Waals surface area contributed by atoms with Crippen LogP contribution in [0.5, 0.6) is 0 Å². The van der Waals surface area contributed by atoms with Gasteiger partial charge in [0.05, 0.1) is 36.0 Å². The molecule has 0 saturated heterocycles. The highest BCUT2D eigenvalue weighted by molar-refractivity contribution is 6.46. The van der Waals surface area contributed by atoms with E-state index < -0.39 is 35.8 Å². The van der Waals surface area contributed by atoms with Gasteiger partial charge in [0, 0.05) is 0 Å². The molecule has 0 radical (unpaired) electrons. The summed E-state index contributed by atoms with van der Waals surface area (Å²) in [6, 6.07) is 29.1. The van der Waals surface area contributed by atoms with Crippen molar-refractivity contribution in [3.63, 3.8) is 0 Å². The number of benzene rings is 4. The molecule has 6 rings (SSSR count). The number of anilines is 2. The Morgan fingerprint density at radius 2 is 0.940 bits per heavy atom. The maximum atomic E-state index is 13.2. The molecule has 2 aliphatic heterocycles. The van der Waals surface area contributed by atoms with Crippen LogP contribution in [0.2, 0.25) is 0 Å². The number of azo groups is 2. The number of amides is 2. The summed E-state index contributed by atoms with van der Waals surface area (Å²) in [5.74, 6) is -2.52. The highest BCUT2D eigenvalue weighted by Gasteiger charge is 2.43. The minimum absolute atomic E-state index is 0.117. The third-order valence-electron chi connectivity index (χ3n) is 7.43. The van der Waals surface area contributed by atoms with Gasteiger partial charge in [-0.2, -0.15) is 40.7 Å². The van der Waals surface area contributed by atoms with E-state index in [1.54, 1.807) is 98.8 Å². The second-order valence-corrected chi connectivity index (χ2v) is 10.7. The standard InChI is InChI=1S/C36H30N8O6/c1-3-49-35(47)31-29(33(45)43(41-31)27-11-7-5-8-12-27)39-37-25-19-15-23(16-20-25)24-17-21-26(22-18-24)38-40-30-32(36(48)50-4-2)42-44(34(30)46)28-13-9-6-10-14-28/h5-22,29-30H,3-4H2,1-2H3. The quantitative estimate of drug-likeness (QED) is 0.136. The Labute approximate surface area is 286 Å². The van der Waals surface area contributed by atoms with Crippen molar-refractivity contribution in [2.24, 2.45) is 30.7 Å². The highest BCUT2D eigenvalue weighted by atomic mass is 16.5. The minimum Gasteiger partial charge on any atom is -0.461 e. The zero-order valence-electron chi connectivity index (χ0n) is 27.0. The fourth-order valence-electron chi connectivity index (χ4n) is 5.01. The van der Waals surface area contributed by atoms with E-state index in [-0.39, 0.29) is 24.6 Å². The van der Waals surface area contributed by atoms with Crippen molar-refractivity contribution in [3.8, 4) is 11.1 Å². The van der Waals surface area contributed by atoms with Crippen LogP contribution in [0.25, 0.3) is 11.1 Å². The van der Waals surface area contributed by atoms with Crippen molar-refractivity contribution in [2.75, 3.05) is 23.2 Å². The molecule has 0 aliphatic carbocycles. The molecule has 0 spiro atoms. The van der Waals surface area contributed by atoms with Crippen molar-refractivity contribution < 1.29 is 28.7 Å². The fraction of sp³-hybridized carbons (Fsp3) is 0.167. The number of hydrogen-bond donors (Lipinski definition) is 0. The summed E-state index contributed by atoms with van der Waals surface area (Å²) in [5, 5.41) is 27.4. The van der Waals surface area contributed by atoms with Crippen molar-refractivity contribution in [3.05, 3.63) is 109 Å². The molecule has 2 atom stereocenters. The van der Waals surface area contributed by atoms with Gasteiger partial charge in [-0.05, 0) is 73.5 Å². The Balaban J connectivity index is 1.14. The third-order valence-corrected chi connectivity index (χ3v) is 7.43. The Morgan fingerprint density at radius 1 is 0.580 bits per heavy atom. The van der Waals surface area contributed by atoms with Gasteiger partial charge in [0.2, 0.25) is 12.1 Å². The van der Waals surface area contributed by atoms with E-state index in [1.165, 1.54) is 0 Å². The van der Waals surface area contributed by atoms with Gasteiger partial charge in [0.25, 0.3) is 11.8 Å². The molecule has 0 bridgehead atoms. The summed E-state index contributed by atoms with van der Waals surface area (Å²) < 4.78 is 10.2. The van der Waals surface area contributed by atoms with E-state index in [9.17, 15) is 19.2 Å². The first-order chi connectivity index (χ1) is 24.4. The fourth-order valence-corrected chi connectivity index (χ4v) is 5.01. The molecule has 0 fully saturated rings. The first-order valence-corrected chi connectivity index (χ1v) is 15.7. The molecular formula is C36H30N8O6. The molecular weight excluding hydrogens is 640 g/mol. The van der Waals surface area contributed by atoms with Gasteiger partial charge in [0.15, 0.2) is 11.4 Å². The normalized spacial score (nSPS) is 17.4. The summed E-state index contributed by atoms with van der Waals surface area (Å²) in [6.45, 7) is 3.56. The van der Waals surface area contributed by atoms with Crippen LogP contribution in [-0.2, 0) is 28.7 Å². The Kier molecular flexibility index (Phi) is 9.98. The zero-order chi connectivity index (χ0) is 35.0. The van der Waals surface area contributed by atoms with Crippen LogP contribution in [0.3, 0.4) is 0 Å². The van der Waals surface area contributed by atoms with Crippen LogP contribution >= 0.6 is 0 Å². The summed E-state index contributed by atoms with van der Waals surface area (Å²) in [4.78, 5) is 51.5. The summed E-state index contributed by atoms with van der Waals surface area (Å²) in [7, 11) is 0. The minimum atomic E-state index is -1.25.